The van der Waals surface area contributed by atoms with Crippen LogP contribution in [0.1, 0.15) is 45.6 Å². The fourth-order valence-corrected chi connectivity index (χ4v) is 2.38. The molecule has 134 valence electrons. The van der Waals surface area contributed by atoms with Crippen molar-refractivity contribution >= 4 is 11.9 Å². The predicted molar refractivity (Wildman–Crippen MR) is 94.1 cm³/mol. The number of nitrogens with zero attached hydrogens (tertiary/aromatic N) is 1. The van der Waals surface area contributed by atoms with Crippen molar-refractivity contribution in [1.29, 1.82) is 0 Å². The lowest BCUT2D eigenvalue weighted by atomic mass is 10.0. The minimum absolute atomic E-state index is 0.0212. The Balaban J connectivity index is 2.44. The number of ether oxygens (including phenoxy) is 2. The molecule has 0 heterocycles. The number of methoxy groups -OCH3 is 1. The van der Waals surface area contributed by atoms with Crippen molar-refractivity contribution in [2.75, 3.05) is 26.8 Å². The first-order valence-electron chi connectivity index (χ1n) is 8.47. The van der Waals surface area contributed by atoms with E-state index in [1.165, 1.54) is 12.7 Å². The molecule has 1 amide bonds. The van der Waals surface area contributed by atoms with Gasteiger partial charge >= 0.3 is 5.97 Å². The molecule has 0 saturated heterocycles. The highest BCUT2D eigenvalue weighted by Gasteiger charge is 2.20. The molecule has 1 rings (SSSR count). The van der Waals surface area contributed by atoms with Crippen LogP contribution in [0.25, 0.3) is 0 Å². The van der Waals surface area contributed by atoms with Crippen molar-refractivity contribution in [1.82, 2.24) is 4.90 Å². The van der Waals surface area contributed by atoms with Gasteiger partial charge in [-0.1, -0.05) is 32.9 Å². The summed E-state index contributed by atoms with van der Waals surface area (Å²) >= 11 is 0. The summed E-state index contributed by atoms with van der Waals surface area (Å²) in [7, 11) is 1.36. The topological polar surface area (TPSA) is 55.8 Å². The Labute approximate surface area is 144 Å². The predicted octanol–water partition coefficient (Wildman–Crippen LogP) is 3.24. The second-order valence-electron chi connectivity index (χ2n) is 6.18. The Morgan fingerprint density at radius 3 is 2.25 bits per heavy atom. The second kappa shape index (κ2) is 9.96. The average molecular weight is 335 g/mol. The molecule has 5 nitrogen and oxygen atoms in total. The van der Waals surface area contributed by atoms with E-state index >= 15 is 0 Å². The summed E-state index contributed by atoms with van der Waals surface area (Å²) in [5.74, 6) is 0.590. The number of hydrogen-bond donors (Lipinski definition) is 0. The third-order valence-electron chi connectivity index (χ3n) is 3.96. The van der Waals surface area contributed by atoms with Gasteiger partial charge in [-0.05, 0) is 30.5 Å². The first kappa shape index (κ1) is 20.0. The van der Waals surface area contributed by atoms with E-state index in [-0.39, 0.29) is 24.2 Å². The van der Waals surface area contributed by atoms with Crippen LogP contribution in [-0.2, 0) is 14.3 Å². The van der Waals surface area contributed by atoms with Gasteiger partial charge in [0.05, 0.1) is 26.1 Å². The SMILES string of the molecule is CCN(CC(C)C(=O)OC)C(=O)CCOc1ccc(C(C)C)cc1. The molecule has 0 aliphatic heterocycles. The number of amides is 1. The molecular formula is C19H29NO4. The highest BCUT2D eigenvalue weighted by Crippen LogP contribution is 2.18. The molecule has 0 saturated carbocycles. The molecule has 5 heteroatoms. The Kier molecular flexibility index (Phi) is 8.30. The average Bonchev–Trinajstić information content (AvgIpc) is 2.58. The molecule has 0 aliphatic carbocycles. The first-order chi connectivity index (χ1) is 11.4. The standard InChI is InChI=1S/C19H29NO4/c1-6-20(13-15(4)19(22)23-5)18(21)11-12-24-17-9-7-16(8-10-17)14(2)3/h7-10,14-15H,6,11-13H2,1-5H3. The van der Waals surface area contributed by atoms with Crippen LogP contribution in [-0.4, -0.2) is 43.6 Å². The smallest absolute Gasteiger partial charge is 0.310 e. The molecule has 24 heavy (non-hydrogen) atoms. The van der Waals surface area contributed by atoms with Crippen molar-refractivity contribution in [2.45, 2.75) is 40.0 Å². The van der Waals surface area contributed by atoms with Gasteiger partial charge < -0.3 is 14.4 Å². The van der Waals surface area contributed by atoms with Gasteiger partial charge in [0.2, 0.25) is 5.91 Å². The van der Waals surface area contributed by atoms with E-state index < -0.39 is 0 Å². The molecule has 1 aromatic rings. The lowest BCUT2D eigenvalue weighted by molar-refractivity contribution is -0.146. The molecule has 0 fully saturated rings. The first-order valence-corrected chi connectivity index (χ1v) is 8.47. The quantitative estimate of drug-likeness (QED) is 0.650. The zero-order valence-electron chi connectivity index (χ0n) is 15.4. The molecule has 0 N–H and O–H groups in total. The fraction of sp³-hybridized carbons (Fsp3) is 0.579. The number of carbonyl (C=O) groups is 2. The summed E-state index contributed by atoms with van der Waals surface area (Å²) in [6.07, 6.45) is 0.285. The Morgan fingerprint density at radius 2 is 1.75 bits per heavy atom. The van der Waals surface area contributed by atoms with Crippen molar-refractivity contribution in [3.63, 3.8) is 0 Å². The van der Waals surface area contributed by atoms with Crippen LogP contribution in [0, 0.1) is 5.92 Å². The lowest BCUT2D eigenvalue weighted by Gasteiger charge is -2.23. The van der Waals surface area contributed by atoms with Gasteiger partial charge in [-0.3, -0.25) is 9.59 Å². The van der Waals surface area contributed by atoms with Gasteiger partial charge in [0.15, 0.2) is 0 Å². The summed E-state index contributed by atoms with van der Waals surface area (Å²) in [6, 6.07) is 7.93. The van der Waals surface area contributed by atoms with Crippen LogP contribution in [0.4, 0.5) is 0 Å². The minimum Gasteiger partial charge on any atom is -0.493 e. The van der Waals surface area contributed by atoms with E-state index in [1.54, 1.807) is 11.8 Å². The van der Waals surface area contributed by atoms with Crippen molar-refractivity contribution in [2.24, 2.45) is 5.92 Å². The normalized spacial score (nSPS) is 11.9. The zero-order chi connectivity index (χ0) is 18.1. The minimum atomic E-state index is -0.330. The summed E-state index contributed by atoms with van der Waals surface area (Å²) in [4.78, 5) is 25.4. The second-order valence-corrected chi connectivity index (χ2v) is 6.18. The van der Waals surface area contributed by atoms with E-state index in [4.69, 9.17) is 9.47 Å². The number of hydrogen-bond acceptors (Lipinski definition) is 4. The summed E-state index contributed by atoms with van der Waals surface area (Å²) < 4.78 is 10.3. The number of rotatable bonds is 9. The zero-order valence-corrected chi connectivity index (χ0v) is 15.4. The lowest BCUT2D eigenvalue weighted by Crippen LogP contribution is -2.37. The van der Waals surface area contributed by atoms with Crippen LogP contribution >= 0.6 is 0 Å². The number of esters is 1. The maximum Gasteiger partial charge on any atom is 0.310 e. The highest BCUT2D eigenvalue weighted by atomic mass is 16.5. The van der Waals surface area contributed by atoms with E-state index in [2.05, 4.69) is 13.8 Å². The molecule has 0 bridgehead atoms. The maximum atomic E-state index is 12.2. The Morgan fingerprint density at radius 1 is 1.12 bits per heavy atom. The molecule has 0 spiro atoms. The molecular weight excluding hydrogens is 306 g/mol. The van der Waals surface area contributed by atoms with Gasteiger partial charge in [-0.25, -0.2) is 0 Å². The summed E-state index contributed by atoms with van der Waals surface area (Å²) in [5, 5.41) is 0. The van der Waals surface area contributed by atoms with Crippen LogP contribution in [0.15, 0.2) is 24.3 Å². The molecule has 0 aromatic heterocycles. The molecule has 1 aromatic carbocycles. The molecule has 1 unspecified atom stereocenters. The Bertz CT molecular complexity index is 525. The monoisotopic (exact) mass is 335 g/mol. The van der Waals surface area contributed by atoms with Gasteiger partial charge in [-0.2, -0.15) is 0 Å². The third-order valence-corrected chi connectivity index (χ3v) is 3.96. The number of carbonyl (C=O) groups excluding carboxylic acids is 2. The van der Waals surface area contributed by atoms with E-state index in [0.29, 0.717) is 25.6 Å². The summed E-state index contributed by atoms with van der Waals surface area (Å²) in [6.45, 7) is 9.19. The highest BCUT2D eigenvalue weighted by molar-refractivity contribution is 5.78. The van der Waals surface area contributed by atoms with Crippen LogP contribution < -0.4 is 4.74 Å². The van der Waals surface area contributed by atoms with Gasteiger partial charge in [-0.15, -0.1) is 0 Å². The van der Waals surface area contributed by atoms with Crippen molar-refractivity contribution in [3.8, 4) is 5.75 Å². The molecule has 1 atom stereocenters. The van der Waals surface area contributed by atoms with Gasteiger partial charge in [0.1, 0.15) is 5.75 Å². The van der Waals surface area contributed by atoms with Crippen LogP contribution in [0.3, 0.4) is 0 Å². The van der Waals surface area contributed by atoms with E-state index in [1.807, 2.05) is 31.2 Å². The third kappa shape index (κ3) is 6.22. The van der Waals surface area contributed by atoms with Gasteiger partial charge in [0.25, 0.3) is 0 Å². The number of benzene rings is 1. The largest absolute Gasteiger partial charge is 0.493 e. The van der Waals surface area contributed by atoms with Crippen LogP contribution in [0.5, 0.6) is 5.75 Å². The summed E-state index contributed by atoms with van der Waals surface area (Å²) in [5.41, 5.74) is 1.26. The van der Waals surface area contributed by atoms with Gasteiger partial charge in [0, 0.05) is 13.1 Å². The van der Waals surface area contributed by atoms with Crippen LogP contribution in [0.2, 0.25) is 0 Å². The Hall–Kier alpha value is -2.04. The molecule has 0 aliphatic rings. The van der Waals surface area contributed by atoms with E-state index in [9.17, 15) is 9.59 Å². The van der Waals surface area contributed by atoms with Crippen molar-refractivity contribution in [3.05, 3.63) is 29.8 Å². The van der Waals surface area contributed by atoms with E-state index in [0.717, 1.165) is 5.75 Å². The fourth-order valence-electron chi connectivity index (χ4n) is 2.38. The van der Waals surface area contributed by atoms with Crippen molar-refractivity contribution < 1.29 is 19.1 Å². The molecule has 0 radical (unpaired) electrons. The maximum absolute atomic E-state index is 12.2.